The van der Waals surface area contributed by atoms with Crippen LogP contribution in [-0.4, -0.2) is 5.71 Å². The predicted molar refractivity (Wildman–Crippen MR) is 40.6 cm³/mol. The van der Waals surface area contributed by atoms with E-state index in [0.717, 1.165) is 12.8 Å². The molecule has 0 saturated heterocycles. The van der Waals surface area contributed by atoms with Crippen molar-refractivity contribution >= 4 is 5.71 Å². The first-order chi connectivity index (χ1) is 4.43. The minimum absolute atomic E-state index is 1.01. The third kappa shape index (κ3) is 1.84. The molecular weight excluding hydrogens is 110 g/mol. The zero-order valence-corrected chi connectivity index (χ0v) is 5.67. The summed E-state index contributed by atoms with van der Waals surface area (Å²) in [7, 11) is 0. The van der Waals surface area contributed by atoms with E-state index in [-0.39, 0.29) is 0 Å². The minimum atomic E-state index is 1.01. The van der Waals surface area contributed by atoms with Crippen molar-refractivity contribution in [3.05, 3.63) is 24.4 Å². The Labute approximate surface area is 55.8 Å². The molecule has 1 aliphatic rings. The predicted octanol–water partition coefficient (Wildman–Crippen LogP) is 2.31. The van der Waals surface area contributed by atoms with Crippen LogP contribution in [0.2, 0.25) is 0 Å². The highest BCUT2D eigenvalue weighted by Crippen LogP contribution is 2.00. The van der Waals surface area contributed by atoms with Gasteiger partial charge in [0.15, 0.2) is 0 Å². The lowest BCUT2D eigenvalue weighted by molar-refractivity contribution is 1.22. The van der Waals surface area contributed by atoms with Gasteiger partial charge in [-0.3, -0.25) is 4.99 Å². The van der Waals surface area contributed by atoms with Gasteiger partial charge in [0.25, 0.3) is 0 Å². The van der Waals surface area contributed by atoms with Gasteiger partial charge in [-0.05, 0) is 12.5 Å². The van der Waals surface area contributed by atoms with E-state index in [1.165, 1.54) is 5.71 Å². The third-order valence-corrected chi connectivity index (χ3v) is 1.22. The van der Waals surface area contributed by atoms with Crippen LogP contribution in [0.25, 0.3) is 0 Å². The van der Waals surface area contributed by atoms with Crippen LogP contribution in [0.15, 0.2) is 29.4 Å². The van der Waals surface area contributed by atoms with Gasteiger partial charge in [-0.15, -0.1) is 0 Å². The van der Waals surface area contributed by atoms with Crippen molar-refractivity contribution in [3.8, 4) is 0 Å². The van der Waals surface area contributed by atoms with Crippen LogP contribution in [0.1, 0.15) is 19.8 Å². The SMILES string of the molecule is CC/C=C/C1=NC=CC1. The van der Waals surface area contributed by atoms with Gasteiger partial charge >= 0.3 is 0 Å². The van der Waals surface area contributed by atoms with Crippen molar-refractivity contribution in [2.75, 3.05) is 0 Å². The molecule has 0 aromatic rings. The molecule has 1 rings (SSSR count). The number of aliphatic imine (C=N–C) groups is 1. The van der Waals surface area contributed by atoms with Crippen molar-refractivity contribution < 1.29 is 0 Å². The highest BCUT2D eigenvalue weighted by atomic mass is 14.7. The van der Waals surface area contributed by atoms with Crippen LogP contribution in [0.4, 0.5) is 0 Å². The van der Waals surface area contributed by atoms with Crippen molar-refractivity contribution in [3.63, 3.8) is 0 Å². The lowest BCUT2D eigenvalue weighted by Gasteiger charge is -1.85. The summed E-state index contributed by atoms with van der Waals surface area (Å²) in [4.78, 5) is 4.12. The number of hydrogen-bond acceptors (Lipinski definition) is 1. The Balaban J connectivity index is 2.38. The summed E-state index contributed by atoms with van der Waals surface area (Å²) in [6.45, 7) is 2.12. The van der Waals surface area contributed by atoms with Gasteiger partial charge in [0.2, 0.25) is 0 Å². The Bertz CT molecular complexity index is 163. The molecule has 0 bridgehead atoms. The molecular formula is C8H11N. The molecule has 1 heterocycles. The van der Waals surface area contributed by atoms with Crippen LogP contribution in [0.5, 0.6) is 0 Å². The monoisotopic (exact) mass is 121 g/mol. The van der Waals surface area contributed by atoms with Crippen LogP contribution < -0.4 is 0 Å². The summed E-state index contributed by atoms with van der Waals surface area (Å²) in [6.07, 6.45) is 10.2. The Morgan fingerprint density at radius 2 is 2.67 bits per heavy atom. The summed E-state index contributed by atoms with van der Waals surface area (Å²) >= 11 is 0. The van der Waals surface area contributed by atoms with Crippen LogP contribution >= 0.6 is 0 Å². The van der Waals surface area contributed by atoms with Crippen molar-refractivity contribution in [1.82, 2.24) is 0 Å². The molecule has 0 radical (unpaired) electrons. The quantitative estimate of drug-likeness (QED) is 0.531. The molecule has 0 spiro atoms. The molecule has 0 amide bonds. The fourth-order valence-electron chi connectivity index (χ4n) is 0.740. The maximum absolute atomic E-state index is 4.12. The summed E-state index contributed by atoms with van der Waals surface area (Å²) in [5.74, 6) is 0. The molecule has 0 aliphatic carbocycles. The van der Waals surface area contributed by atoms with E-state index in [9.17, 15) is 0 Å². The molecule has 1 heteroatoms. The second-order valence-electron chi connectivity index (χ2n) is 2.02. The highest BCUT2D eigenvalue weighted by Gasteiger charge is 1.92. The lowest BCUT2D eigenvalue weighted by atomic mass is 10.2. The van der Waals surface area contributed by atoms with E-state index in [2.05, 4.69) is 30.1 Å². The molecule has 1 nitrogen and oxygen atoms in total. The van der Waals surface area contributed by atoms with Gasteiger partial charge in [0.05, 0.1) is 0 Å². The fourth-order valence-corrected chi connectivity index (χ4v) is 0.740. The number of rotatable bonds is 2. The van der Waals surface area contributed by atoms with Crippen LogP contribution in [0.3, 0.4) is 0 Å². The Hall–Kier alpha value is -0.850. The van der Waals surface area contributed by atoms with Crippen molar-refractivity contribution in [2.24, 2.45) is 4.99 Å². The van der Waals surface area contributed by atoms with Gasteiger partial charge in [0.1, 0.15) is 0 Å². The van der Waals surface area contributed by atoms with Crippen molar-refractivity contribution in [2.45, 2.75) is 19.8 Å². The molecule has 0 aromatic heterocycles. The van der Waals surface area contributed by atoms with Crippen LogP contribution in [0, 0.1) is 0 Å². The normalized spacial score (nSPS) is 17.2. The van der Waals surface area contributed by atoms with Gasteiger partial charge in [-0.1, -0.05) is 19.1 Å². The van der Waals surface area contributed by atoms with Gasteiger partial charge in [-0.2, -0.15) is 0 Å². The van der Waals surface area contributed by atoms with E-state index >= 15 is 0 Å². The molecule has 0 N–H and O–H groups in total. The zero-order valence-electron chi connectivity index (χ0n) is 5.67. The average Bonchev–Trinajstić information content (AvgIpc) is 2.34. The molecule has 0 saturated carbocycles. The molecule has 0 atom stereocenters. The number of hydrogen-bond donors (Lipinski definition) is 0. The highest BCUT2D eigenvalue weighted by molar-refractivity contribution is 5.97. The Kier molecular flexibility index (Phi) is 2.25. The minimum Gasteiger partial charge on any atom is -0.261 e. The molecule has 0 unspecified atom stereocenters. The molecule has 0 aromatic carbocycles. The summed E-state index contributed by atoms with van der Waals surface area (Å²) in [6, 6.07) is 0. The Morgan fingerprint density at radius 1 is 1.78 bits per heavy atom. The zero-order chi connectivity index (χ0) is 6.53. The second-order valence-corrected chi connectivity index (χ2v) is 2.02. The maximum Gasteiger partial charge on any atom is 0.0438 e. The first-order valence-electron chi connectivity index (χ1n) is 3.31. The molecule has 1 aliphatic heterocycles. The summed E-state index contributed by atoms with van der Waals surface area (Å²) in [5.41, 5.74) is 1.18. The summed E-state index contributed by atoms with van der Waals surface area (Å²) in [5, 5.41) is 0. The van der Waals surface area contributed by atoms with Crippen molar-refractivity contribution in [1.29, 1.82) is 0 Å². The molecule has 0 fully saturated rings. The molecule has 48 valence electrons. The maximum atomic E-state index is 4.12. The van der Waals surface area contributed by atoms with E-state index in [1.807, 2.05) is 6.20 Å². The van der Waals surface area contributed by atoms with Gasteiger partial charge < -0.3 is 0 Å². The number of nitrogens with zero attached hydrogens (tertiary/aromatic N) is 1. The first-order valence-corrected chi connectivity index (χ1v) is 3.31. The lowest BCUT2D eigenvalue weighted by Crippen LogP contribution is -1.83. The Morgan fingerprint density at radius 3 is 3.22 bits per heavy atom. The van der Waals surface area contributed by atoms with Gasteiger partial charge in [0, 0.05) is 18.3 Å². The smallest absolute Gasteiger partial charge is 0.0438 e. The fraction of sp³-hybridized carbons (Fsp3) is 0.375. The number of allylic oxidation sites excluding steroid dienone is 3. The molecule has 9 heavy (non-hydrogen) atoms. The standard InChI is InChI=1S/C8H11N/c1-2-3-5-8-6-4-7-9-8/h3-5,7H,2,6H2,1H3/b5-3+. The van der Waals surface area contributed by atoms with E-state index in [1.54, 1.807) is 0 Å². The second kappa shape index (κ2) is 3.23. The van der Waals surface area contributed by atoms with Gasteiger partial charge in [-0.25, -0.2) is 0 Å². The van der Waals surface area contributed by atoms with Crippen LogP contribution in [-0.2, 0) is 0 Å². The van der Waals surface area contributed by atoms with E-state index in [4.69, 9.17) is 0 Å². The van der Waals surface area contributed by atoms with E-state index < -0.39 is 0 Å². The largest absolute Gasteiger partial charge is 0.261 e. The third-order valence-electron chi connectivity index (χ3n) is 1.22. The average molecular weight is 121 g/mol. The van der Waals surface area contributed by atoms with E-state index in [0.29, 0.717) is 0 Å². The first kappa shape index (κ1) is 6.27. The topological polar surface area (TPSA) is 12.4 Å². The summed E-state index contributed by atoms with van der Waals surface area (Å²) < 4.78 is 0.